The molecule has 0 aliphatic heterocycles. The zero-order chi connectivity index (χ0) is 12.3. The number of benzene rings is 1. The van der Waals surface area contributed by atoms with Crippen LogP contribution in [0.25, 0.3) is 0 Å². The van der Waals surface area contributed by atoms with Gasteiger partial charge in [-0.15, -0.1) is 0 Å². The number of carbonyl (C=O) groups is 1. The molecule has 0 saturated carbocycles. The third-order valence-corrected chi connectivity index (χ3v) is 2.19. The van der Waals surface area contributed by atoms with Crippen LogP contribution in [0.15, 0.2) is 30.3 Å². The van der Waals surface area contributed by atoms with Crippen LogP contribution < -0.4 is 0 Å². The summed E-state index contributed by atoms with van der Waals surface area (Å²) in [6.07, 6.45) is 0. The van der Waals surface area contributed by atoms with Crippen molar-refractivity contribution in [2.75, 3.05) is 0 Å². The predicted octanol–water partition coefficient (Wildman–Crippen LogP) is 1.82. The van der Waals surface area contributed by atoms with Gasteiger partial charge in [0.1, 0.15) is 0 Å². The normalized spacial score (nSPS) is 9.47. The van der Waals surface area contributed by atoms with Gasteiger partial charge in [0, 0.05) is 11.3 Å². The number of aromatic amines is 1. The molecule has 0 saturated heterocycles. The lowest BCUT2D eigenvalue weighted by Gasteiger charge is -1.85. The fourth-order valence-electron chi connectivity index (χ4n) is 1.38. The zero-order valence-electron chi connectivity index (χ0n) is 9.19. The second-order valence-corrected chi connectivity index (χ2v) is 3.48. The molecule has 0 amide bonds. The molecule has 0 fully saturated rings. The Balaban J connectivity index is 2.29. The maximum atomic E-state index is 10.8. The van der Waals surface area contributed by atoms with Gasteiger partial charge in [-0.3, -0.25) is 0 Å². The average Bonchev–Trinajstić information content (AvgIpc) is 2.69. The SMILES string of the molecule is Cc1[nH]c(C#Cc2ccccc2)nc1C(=O)O. The molecule has 0 unspecified atom stereocenters. The molecular formula is C13H10N2O2. The molecule has 1 aromatic heterocycles. The third kappa shape index (κ3) is 2.52. The fraction of sp³-hybridized carbons (Fsp3) is 0.0769. The molecule has 2 rings (SSSR count). The van der Waals surface area contributed by atoms with Gasteiger partial charge in [0.05, 0.1) is 0 Å². The van der Waals surface area contributed by atoms with Crippen LogP contribution in [0, 0.1) is 18.8 Å². The zero-order valence-corrected chi connectivity index (χ0v) is 9.19. The maximum absolute atomic E-state index is 10.8. The van der Waals surface area contributed by atoms with Gasteiger partial charge in [-0.25, -0.2) is 9.78 Å². The first kappa shape index (κ1) is 11.0. The number of aromatic nitrogens is 2. The van der Waals surface area contributed by atoms with E-state index >= 15 is 0 Å². The maximum Gasteiger partial charge on any atom is 0.356 e. The van der Waals surface area contributed by atoms with Gasteiger partial charge in [-0.05, 0) is 25.0 Å². The van der Waals surface area contributed by atoms with E-state index in [4.69, 9.17) is 5.11 Å². The van der Waals surface area contributed by atoms with E-state index in [1.165, 1.54) is 0 Å². The molecule has 1 aromatic carbocycles. The smallest absolute Gasteiger partial charge is 0.356 e. The Hall–Kier alpha value is -2.54. The number of rotatable bonds is 1. The topological polar surface area (TPSA) is 66.0 Å². The summed E-state index contributed by atoms with van der Waals surface area (Å²) in [6, 6.07) is 9.44. The molecular weight excluding hydrogens is 216 g/mol. The molecule has 2 aromatic rings. The summed E-state index contributed by atoms with van der Waals surface area (Å²) in [5.41, 5.74) is 1.38. The van der Waals surface area contributed by atoms with Crippen LogP contribution in [0.5, 0.6) is 0 Å². The Labute approximate surface area is 98.3 Å². The lowest BCUT2D eigenvalue weighted by molar-refractivity contribution is 0.0690. The summed E-state index contributed by atoms with van der Waals surface area (Å²) >= 11 is 0. The second kappa shape index (κ2) is 4.54. The van der Waals surface area contributed by atoms with Crippen LogP contribution >= 0.6 is 0 Å². The fourth-order valence-corrected chi connectivity index (χ4v) is 1.38. The van der Waals surface area contributed by atoms with E-state index in [-0.39, 0.29) is 5.69 Å². The highest BCUT2D eigenvalue weighted by Gasteiger charge is 2.11. The molecule has 17 heavy (non-hydrogen) atoms. The van der Waals surface area contributed by atoms with E-state index in [0.29, 0.717) is 11.5 Å². The minimum Gasteiger partial charge on any atom is -0.476 e. The van der Waals surface area contributed by atoms with Crippen molar-refractivity contribution < 1.29 is 9.90 Å². The van der Waals surface area contributed by atoms with Crippen LogP contribution in [-0.4, -0.2) is 21.0 Å². The van der Waals surface area contributed by atoms with Gasteiger partial charge in [0.25, 0.3) is 0 Å². The van der Waals surface area contributed by atoms with Crippen molar-refractivity contribution in [2.24, 2.45) is 0 Å². The van der Waals surface area contributed by atoms with E-state index in [0.717, 1.165) is 5.56 Å². The minimum absolute atomic E-state index is 0.0161. The molecule has 1 heterocycles. The molecule has 4 nitrogen and oxygen atoms in total. The van der Waals surface area contributed by atoms with Crippen molar-refractivity contribution in [1.29, 1.82) is 0 Å². The van der Waals surface area contributed by atoms with Gasteiger partial charge in [0.15, 0.2) is 11.5 Å². The standard InChI is InChI=1S/C13H10N2O2/c1-9-12(13(16)17)15-11(14-9)8-7-10-5-3-2-4-6-10/h2-6H,1H3,(H,14,15)(H,16,17). The molecule has 0 radical (unpaired) electrons. The summed E-state index contributed by atoms with van der Waals surface area (Å²) in [5, 5.41) is 8.83. The number of nitrogens with one attached hydrogen (secondary N) is 1. The van der Waals surface area contributed by atoms with Crippen molar-refractivity contribution in [3.05, 3.63) is 53.1 Å². The van der Waals surface area contributed by atoms with Gasteiger partial charge in [-0.1, -0.05) is 24.1 Å². The molecule has 0 bridgehead atoms. The van der Waals surface area contributed by atoms with Gasteiger partial charge >= 0.3 is 5.97 Å². The monoisotopic (exact) mass is 226 g/mol. The van der Waals surface area contributed by atoms with Crippen LogP contribution in [0.1, 0.15) is 27.6 Å². The number of carboxylic acid groups (broad SMARTS) is 1. The highest BCUT2D eigenvalue weighted by molar-refractivity contribution is 5.86. The number of aromatic carboxylic acids is 1. The highest BCUT2D eigenvalue weighted by Crippen LogP contribution is 2.04. The van der Waals surface area contributed by atoms with Crippen molar-refractivity contribution >= 4 is 5.97 Å². The Kier molecular flexibility index (Phi) is 2.93. The van der Waals surface area contributed by atoms with E-state index in [9.17, 15) is 4.79 Å². The first-order valence-electron chi connectivity index (χ1n) is 5.04. The molecule has 4 heteroatoms. The molecule has 0 aliphatic rings. The highest BCUT2D eigenvalue weighted by atomic mass is 16.4. The van der Waals surface area contributed by atoms with Crippen molar-refractivity contribution in [3.8, 4) is 11.8 Å². The van der Waals surface area contributed by atoms with E-state index in [1.807, 2.05) is 30.3 Å². The number of nitrogens with zero attached hydrogens (tertiary/aromatic N) is 1. The van der Waals surface area contributed by atoms with E-state index in [1.54, 1.807) is 6.92 Å². The summed E-state index contributed by atoms with van der Waals surface area (Å²) < 4.78 is 0. The first-order valence-corrected chi connectivity index (χ1v) is 5.04. The first-order chi connectivity index (χ1) is 8.16. The van der Waals surface area contributed by atoms with E-state index in [2.05, 4.69) is 21.8 Å². The Morgan fingerprint density at radius 3 is 2.59 bits per heavy atom. The quantitative estimate of drug-likeness (QED) is 0.729. The van der Waals surface area contributed by atoms with Gasteiger partial charge in [0.2, 0.25) is 0 Å². The largest absolute Gasteiger partial charge is 0.476 e. The number of hydrogen-bond donors (Lipinski definition) is 2. The average molecular weight is 226 g/mol. The van der Waals surface area contributed by atoms with Crippen LogP contribution in [0.4, 0.5) is 0 Å². The predicted molar refractivity (Wildman–Crippen MR) is 62.7 cm³/mol. The Morgan fingerprint density at radius 1 is 1.29 bits per heavy atom. The van der Waals surface area contributed by atoms with Crippen LogP contribution in [0.2, 0.25) is 0 Å². The van der Waals surface area contributed by atoms with Crippen molar-refractivity contribution in [3.63, 3.8) is 0 Å². The Bertz CT molecular complexity index is 603. The number of aryl methyl sites for hydroxylation is 1. The molecule has 2 N–H and O–H groups in total. The summed E-state index contributed by atoms with van der Waals surface area (Å²) in [4.78, 5) is 17.5. The number of imidazole rings is 1. The van der Waals surface area contributed by atoms with Crippen molar-refractivity contribution in [1.82, 2.24) is 9.97 Å². The minimum atomic E-state index is -1.05. The number of H-pyrrole nitrogens is 1. The molecule has 84 valence electrons. The summed E-state index contributed by atoms with van der Waals surface area (Å²) in [5.74, 6) is 5.02. The molecule has 0 aliphatic carbocycles. The molecule has 0 atom stereocenters. The Morgan fingerprint density at radius 2 is 2.00 bits per heavy atom. The second-order valence-electron chi connectivity index (χ2n) is 3.48. The van der Waals surface area contributed by atoms with Gasteiger partial charge in [-0.2, -0.15) is 0 Å². The van der Waals surface area contributed by atoms with E-state index < -0.39 is 5.97 Å². The van der Waals surface area contributed by atoms with Gasteiger partial charge < -0.3 is 10.1 Å². The van der Waals surface area contributed by atoms with Crippen molar-refractivity contribution in [2.45, 2.75) is 6.92 Å². The molecule has 0 spiro atoms. The third-order valence-electron chi connectivity index (χ3n) is 2.19. The lowest BCUT2D eigenvalue weighted by atomic mass is 10.2. The number of hydrogen-bond acceptors (Lipinski definition) is 2. The number of carboxylic acids is 1. The summed E-state index contributed by atoms with van der Waals surface area (Å²) in [6.45, 7) is 1.66. The lowest BCUT2D eigenvalue weighted by Crippen LogP contribution is -1.98. The summed E-state index contributed by atoms with van der Waals surface area (Å²) in [7, 11) is 0. The van der Waals surface area contributed by atoms with Crippen LogP contribution in [-0.2, 0) is 0 Å². The van der Waals surface area contributed by atoms with Crippen LogP contribution in [0.3, 0.4) is 0 Å².